The van der Waals surface area contributed by atoms with E-state index in [1.165, 1.54) is 6.42 Å². The molecular weight excluding hydrogens is 454 g/mol. The predicted molar refractivity (Wildman–Crippen MR) is 136 cm³/mol. The van der Waals surface area contributed by atoms with E-state index in [0.717, 1.165) is 36.8 Å². The number of amides is 2. The van der Waals surface area contributed by atoms with Gasteiger partial charge in [-0.2, -0.15) is 0 Å². The molecule has 4 aromatic rings. The van der Waals surface area contributed by atoms with Gasteiger partial charge >= 0.3 is 0 Å². The minimum atomic E-state index is -0.900. The molecular formula is C28H31N5O3. The van der Waals surface area contributed by atoms with E-state index in [2.05, 4.69) is 15.6 Å². The summed E-state index contributed by atoms with van der Waals surface area (Å²) in [5.74, 6) is 0.680. The number of rotatable bonds is 8. The van der Waals surface area contributed by atoms with Crippen LogP contribution in [0.25, 0.3) is 11.0 Å². The number of nitrogens with one attached hydrogen (secondary N) is 1. The monoisotopic (exact) mass is 485 g/mol. The first-order chi connectivity index (χ1) is 17.6. The molecule has 0 saturated heterocycles. The quantitative estimate of drug-likeness (QED) is 0.395. The Morgan fingerprint density at radius 2 is 1.78 bits per heavy atom. The molecule has 1 fully saturated rings. The predicted octanol–water partition coefficient (Wildman–Crippen LogP) is 4.55. The highest BCUT2D eigenvalue weighted by molar-refractivity contribution is 5.89. The second-order valence-corrected chi connectivity index (χ2v) is 9.44. The fourth-order valence-corrected chi connectivity index (χ4v) is 4.91. The minimum absolute atomic E-state index is 0.0414. The minimum Gasteiger partial charge on any atom is -0.464 e. The van der Waals surface area contributed by atoms with E-state index in [1.807, 2.05) is 67.6 Å². The molecule has 2 heterocycles. The average Bonchev–Trinajstić information content (AvgIpc) is 3.51. The Morgan fingerprint density at radius 1 is 1.03 bits per heavy atom. The zero-order valence-electron chi connectivity index (χ0n) is 20.5. The Morgan fingerprint density at radius 3 is 2.53 bits per heavy atom. The molecule has 2 aromatic heterocycles. The van der Waals surface area contributed by atoms with E-state index in [4.69, 9.17) is 4.42 Å². The van der Waals surface area contributed by atoms with Gasteiger partial charge in [0.1, 0.15) is 23.6 Å². The zero-order valence-corrected chi connectivity index (χ0v) is 20.5. The lowest BCUT2D eigenvalue weighted by Crippen LogP contribution is -2.47. The Kier molecular flexibility index (Phi) is 7.11. The molecule has 186 valence electrons. The molecule has 0 aliphatic heterocycles. The number of hydrogen-bond acceptors (Lipinski definition) is 5. The van der Waals surface area contributed by atoms with Crippen LogP contribution in [-0.2, 0) is 22.7 Å². The molecule has 1 atom stereocenters. The number of nitrogens with zero attached hydrogens (tertiary/aromatic N) is 4. The van der Waals surface area contributed by atoms with Crippen molar-refractivity contribution in [3.8, 4) is 0 Å². The second kappa shape index (κ2) is 10.8. The van der Waals surface area contributed by atoms with Crippen LogP contribution in [0.5, 0.6) is 0 Å². The molecule has 0 unspecified atom stereocenters. The van der Waals surface area contributed by atoms with E-state index in [0.29, 0.717) is 17.0 Å². The van der Waals surface area contributed by atoms with Crippen molar-refractivity contribution in [2.45, 2.75) is 64.2 Å². The Balaban J connectivity index is 1.49. The molecule has 8 nitrogen and oxygen atoms in total. The van der Waals surface area contributed by atoms with Gasteiger partial charge in [-0.1, -0.05) is 66.9 Å². The summed E-state index contributed by atoms with van der Waals surface area (Å²) in [6.07, 6.45) is 5.29. The van der Waals surface area contributed by atoms with Gasteiger partial charge in [-0.25, -0.2) is 4.68 Å². The number of hydrogen-bond donors (Lipinski definition) is 1. The van der Waals surface area contributed by atoms with Crippen molar-refractivity contribution < 1.29 is 14.0 Å². The Bertz CT molecular complexity index is 1320. The lowest BCUT2D eigenvalue weighted by molar-refractivity contribution is -0.143. The van der Waals surface area contributed by atoms with E-state index in [1.54, 1.807) is 15.6 Å². The number of carbonyl (C=O) groups excluding carboxylic acids is 2. The number of benzene rings is 2. The molecule has 1 N–H and O–H groups in total. The molecule has 1 aliphatic carbocycles. The van der Waals surface area contributed by atoms with E-state index < -0.39 is 6.04 Å². The number of carbonyl (C=O) groups is 2. The van der Waals surface area contributed by atoms with Crippen molar-refractivity contribution in [2.24, 2.45) is 0 Å². The number of fused-ring (bicyclic) bond motifs is 1. The Labute approximate surface area is 210 Å². The highest BCUT2D eigenvalue weighted by Crippen LogP contribution is 2.28. The highest BCUT2D eigenvalue weighted by atomic mass is 16.3. The van der Waals surface area contributed by atoms with Crippen molar-refractivity contribution >= 4 is 22.8 Å². The van der Waals surface area contributed by atoms with Crippen LogP contribution in [0, 0.1) is 6.92 Å². The fraction of sp³-hybridized carbons (Fsp3) is 0.357. The second-order valence-electron chi connectivity index (χ2n) is 9.44. The first-order valence-corrected chi connectivity index (χ1v) is 12.6. The average molecular weight is 486 g/mol. The first kappa shape index (κ1) is 23.8. The maximum atomic E-state index is 13.9. The third kappa shape index (κ3) is 5.32. The summed E-state index contributed by atoms with van der Waals surface area (Å²) >= 11 is 0. The van der Waals surface area contributed by atoms with Gasteiger partial charge in [0.15, 0.2) is 6.04 Å². The van der Waals surface area contributed by atoms with Crippen LogP contribution in [0.4, 0.5) is 0 Å². The number of para-hydroxylation sites is 1. The van der Waals surface area contributed by atoms with Crippen LogP contribution >= 0.6 is 0 Å². The first-order valence-electron chi connectivity index (χ1n) is 12.6. The van der Waals surface area contributed by atoms with Crippen molar-refractivity contribution in [1.29, 1.82) is 0 Å². The lowest BCUT2D eigenvalue weighted by Gasteiger charge is -2.32. The van der Waals surface area contributed by atoms with Gasteiger partial charge in [-0.05, 0) is 49.6 Å². The van der Waals surface area contributed by atoms with Crippen molar-refractivity contribution in [3.05, 3.63) is 83.8 Å². The largest absolute Gasteiger partial charge is 0.464 e. The van der Waals surface area contributed by atoms with Crippen molar-refractivity contribution in [1.82, 2.24) is 25.2 Å². The number of aryl methyl sites for hydroxylation is 1. The summed E-state index contributed by atoms with van der Waals surface area (Å²) in [5, 5.41) is 11.6. The lowest BCUT2D eigenvalue weighted by atomic mass is 9.95. The van der Waals surface area contributed by atoms with Gasteiger partial charge in [0.2, 0.25) is 5.91 Å². The zero-order chi connectivity index (χ0) is 24.9. The third-order valence-corrected chi connectivity index (χ3v) is 6.76. The fourth-order valence-electron chi connectivity index (χ4n) is 4.91. The van der Waals surface area contributed by atoms with Crippen LogP contribution in [0.1, 0.15) is 55.2 Å². The summed E-state index contributed by atoms with van der Waals surface area (Å²) in [7, 11) is 0. The molecule has 36 heavy (non-hydrogen) atoms. The molecule has 1 saturated carbocycles. The smallest absolute Gasteiger partial charge is 0.250 e. The normalized spacial score (nSPS) is 15.0. The van der Waals surface area contributed by atoms with Crippen molar-refractivity contribution in [3.63, 3.8) is 0 Å². The summed E-state index contributed by atoms with van der Waals surface area (Å²) in [4.78, 5) is 29.3. The molecule has 0 radical (unpaired) electrons. The van der Waals surface area contributed by atoms with E-state index in [9.17, 15) is 9.59 Å². The number of aromatic nitrogens is 3. The standard InChI is InChI=1S/C28H31N5O3/c1-20-16-17-25(36-20)27(28(35)29-22-12-6-3-7-13-22)32(18-21-10-4-2-5-11-21)26(34)19-33-24-15-9-8-14-23(24)30-31-33/h2,4-5,8-11,14-17,22,27H,3,6-7,12-13,18-19H2,1H3,(H,29,35)/t27-/m0/s1. The maximum absolute atomic E-state index is 13.9. The highest BCUT2D eigenvalue weighted by Gasteiger charge is 2.35. The summed E-state index contributed by atoms with van der Waals surface area (Å²) in [5.41, 5.74) is 2.41. The van der Waals surface area contributed by atoms with Crippen LogP contribution in [0.3, 0.4) is 0 Å². The molecule has 1 aliphatic rings. The van der Waals surface area contributed by atoms with Gasteiger partial charge in [0, 0.05) is 12.6 Å². The van der Waals surface area contributed by atoms with Gasteiger partial charge in [0.25, 0.3) is 5.91 Å². The van der Waals surface area contributed by atoms with E-state index in [-0.39, 0.29) is 30.9 Å². The molecule has 2 aromatic carbocycles. The SMILES string of the molecule is Cc1ccc([C@@H](C(=O)NC2CCCCC2)N(Cc2ccccc2)C(=O)Cn2nnc3ccccc32)o1. The van der Waals surface area contributed by atoms with Gasteiger partial charge in [0.05, 0.1) is 5.52 Å². The summed E-state index contributed by atoms with van der Waals surface area (Å²) < 4.78 is 7.52. The van der Waals surface area contributed by atoms with Gasteiger partial charge in [-0.3, -0.25) is 9.59 Å². The molecule has 5 rings (SSSR count). The van der Waals surface area contributed by atoms with Crippen LogP contribution in [0.2, 0.25) is 0 Å². The number of furan rings is 1. The maximum Gasteiger partial charge on any atom is 0.250 e. The summed E-state index contributed by atoms with van der Waals surface area (Å²) in [6, 6.07) is 20.0. The molecule has 0 bridgehead atoms. The molecule has 0 spiro atoms. The van der Waals surface area contributed by atoms with Crippen LogP contribution in [0.15, 0.2) is 71.1 Å². The third-order valence-electron chi connectivity index (χ3n) is 6.76. The van der Waals surface area contributed by atoms with Crippen LogP contribution in [-0.4, -0.2) is 37.7 Å². The van der Waals surface area contributed by atoms with Crippen LogP contribution < -0.4 is 5.32 Å². The summed E-state index contributed by atoms with van der Waals surface area (Å²) in [6.45, 7) is 2.06. The van der Waals surface area contributed by atoms with Crippen molar-refractivity contribution in [2.75, 3.05) is 0 Å². The Hall–Kier alpha value is -3.94. The molecule has 8 heteroatoms. The van der Waals surface area contributed by atoms with Gasteiger partial charge in [-0.15, -0.1) is 5.10 Å². The molecule has 2 amide bonds. The topological polar surface area (TPSA) is 93.3 Å². The van der Waals surface area contributed by atoms with Gasteiger partial charge < -0.3 is 14.6 Å². The van der Waals surface area contributed by atoms with E-state index >= 15 is 0 Å².